The lowest BCUT2D eigenvalue weighted by atomic mass is 10.1. The first-order valence-electron chi connectivity index (χ1n) is 7.76. The molecule has 0 aliphatic carbocycles. The molecule has 0 unspecified atom stereocenters. The van der Waals surface area contributed by atoms with Crippen LogP contribution >= 0.6 is 11.6 Å². The van der Waals surface area contributed by atoms with Crippen LogP contribution in [-0.4, -0.2) is 40.6 Å². The summed E-state index contributed by atoms with van der Waals surface area (Å²) in [4.78, 5) is 9.32. The Bertz CT molecular complexity index is 657. The maximum Gasteiger partial charge on any atom is 0.128 e. The van der Waals surface area contributed by atoms with Crippen LogP contribution in [0.4, 0.5) is 5.69 Å². The van der Waals surface area contributed by atoms with Crippen molar-refractivity contribution in [1.82, 2.24) is 14.5 Å². The molecule has 2 heterocycles. The van der Waals surface area contributed by atoms with Crippen molar-refractivity contribution in [1.29, 1.82) is 0 Å². The van der Waals surface area contributed by atoms with Crippen LogP contribution in [0.1, 0.15) is 17.0 Å². The van der Waals surface area contributed by atoms with Gasteiger partial charge < -0.3 is 9.47 Å². The number of hydrogen-bond acceptors (Lipinski definition) is 3. The van der Waals surface area contributed by atoms with Gasteiger partial charge >= 0.3 is 0 Å². The van der Waals surface area contributed by atoms with Gasteiger partial charge in [0.25, 0.3) is 0 Å². The molecule has 0 bridgehead atoms. The van der Waals surface area contributed by atoms with E-state index < -0.39 is 0 Å². The van der Waals surface area contributed by atoms with Crippen molar-refractivity contribution >= 4 is 17.3 Å². The molecule has 0 amide bonds. The second-order valence-electron chi connectivity index (χ2n) is 6.04. The second kappa shape index (κ2) is 6.31. The van der Waals surface area contributed by atoms with E-state index in [0.29, 0.717) is 5.15 Å². The van der Waals surface area contributed by atoms with E-state index in [0.717, 1.165) is 38.5 Å². The summed E-state index contributed by atoms with van der Waals surface area (Å²) < 4.78 is 1.96. The lowest BCUT2D eigenvalue weighted by molar-refractivity contribution is 0.242. The van der Waals surface area contributed by atoms with Gasteiger partial charge in [0.05, 0.1) is 12.7 Å². The third-order valence-corrected chi connectivity index (χ3v) is 5.03. The highest BCUT2D eigenvalue weighted by Gasteiger charge is 2.20. The largest absolute Gasteiger partial charge is 0.369 e. The predicted molar refractivity (Wildman–Crippen MR) is 91.6 cm³/mol. The summed E-state index contributed by atoms with van der Waals surface area (Å²) >= 11 is 6.06. The molecule has 0 atom stereocenters. The Morgan fingerprint density at radius 2 is 1.86 bits per heavy atom. The summed E-state index contributed by atoms with van der Waals surface area (Å²) in [6, 6.07) is 6.57. The average Bonchev–Trinajstić information content (AvgIpc) is 2.83. The molecule has 4 nitrogen and oxygen atoms in total. The summed E-state index contributed by atoms with van der Waals surface area (Å²) in [6.07, 6.45) is 1.73. The number of aromatic nitrogens is 2. The van der Waals surface area contributed by atoms with Gasteiger partial charge in [-0.05, 0) is 31.0 Å². The standard InChI is InChI=1S/C17H23ClN4/c1-13-5-4-6-15(14(13)2)22-9-7-21(8-10-22)12-17-19-11-16(18)20(17)3/h4-6,11H,7-10,12H2,1-3H3. The Morgan fingerprint density at radius 3 is 2.50 bits per heavy atom. The van der Waals surface area contributed by atoms with Crippen LogP contribution in [0.15, 0.2) is 24.4 Å². The number of hydrogen-bond donors (Lipinski definition) is 0. The van der Waals surface area contributed by atoms with Crippen LogP contribution < -0.4 is 4.90 Å². The van der Waals surface area contributed by atoms with Gasteiger partial charge in [-0.1, -0.05) is 23.7 Å². The number of benzene rings is 1. The molecule has 0 N–H and O–H groups in total. The summed E-state index contributed by atoms with van der Waals surface area (Å²) in [5.74, 6) is 1.03. The summed E-state index contributed by atoms with van der Waals surface area (Å²) in [7, 11) is 1.97. The third-order valence-electron chi connectivity index (χ3n) is 4.68. The first-order valence-corrected chi connectivity index (χ1v) is 8.13. The Hall–Kier alpha value is -1.52. The van der Waals surface area contributed by atoms with Gasteiger partial charge in [-0.2, -0.15) is 0 Å². The molecule has 5 heteroatoms. The Morgan fingerprint density at radius 1 is 1.14 bits per heavy atom. The third kappa shape index (κ3) is 2.99. The van der Waals surface area contributed by atoms with Crippen molar-refractivity contribution in [3.05, 3.63) is 46.5 Å². The van der Waals surface area contributed by atoms with E-state index in [4.69, 9.17) is 11.6 Å². The van der Waals surface area contributed by atoms with Gasteiger partial charge in [-0.3, -0.25) is 4.90 Å². The van der Waals surface area contributed by atoms with E-state index in [1.165, 1.54) is 16.8 Å². The van der Waals surface area contributed by atoms with Crippen molar-refractivity contribution in [3.63, 3.8) is 0 Å². The lowest BCUT2D eigenvalue weighted by Crippen LogP contribution is -2.46. The average molecular weight is 319 g/mol. The van der Waals surface area contributed by atoms with Gasteiger partial charge in [0.1, 0.15) is 11.0 Å². The number of imidazole rings is 1. The van der Waals surface area contributed by atoms with E-state index in [2.05, 4.69) is 46.8 Å². The van der Waals surface area contributed by atoms with Crippen LogP contribution in [0.3, 0.4) is 0 Å². The van der Waals surface area contributed by atoms with Crippen molar-refractivity contribution in [2.45, 2.75) is 20.4 Å². The van der Waals surface area contributed by atoms with E-state index in [1.807, 2.05) is 11.6 Å². The van der Waals surface area contributed by atoms with Gasteiger partial charge in [0.15, 0.2) is 0 Å². The van der Waals surface area contributed by atoms with E-state index >= 15 is 0 Å². The molecule has 0 saturated carbocycles. The van der Waals surface area contributed by atoms with Gasteiger partial charge in [0, 0.05) is 38.9 Å². The molecule has 0 spiro atoms. The van der Waals surface area contributed by atoms with Gasteiger partial charge in [0.2, 0.25) is 0 Å². The van der Waals surface area contributed by atoms with Crippen LogP contribution in [0.5, 0.6) is 0 Å². The molecular formula is C17H23ClN4. The first kappa shape index (κ1) is 15.4. The zero-order valence-corrected chi connectivity index (χ0v) is 14.3. The molecule has 1 aromatic heterocycles. The number of piperazine rings is 1. The number of halogens is 1. The highest BCUT2D eigenvalue weighted by Crippen LogP contribution is 2.24. The zero-order chi connectivity index (χ0) is 15.7. The maximum atomic E-state index is 6.06. The molecule has 3 rings (SSSR count). The molecule has 1 saturated heterocycles. The molecule has 1 fully saturated rings. The molecular weight excluding hydrogens is 296 g/mol. The predicted octanol–water partition coefficient (Wildman–Crippen LogP) is 3.01. The summed E-state index contributed by atoms with van der Waals surface area (Å²) in [6.45, 7) is 9.48. The fourth-order valence-corrected chi connectivity index (χ4v) is 3.14. The molecule has 118 valence electrons. The van der Waals surface area contributed by atoms with Gasteiger partial charge in [-0.15, -0.1) is 0 Å². The van der Waals surface area contributed by atoms with Crippen molar-refractivity contribution in [2.24, 2.45) is 7.05 Å². The van der Waals surface area contributed by atoms with Crippen LogP contribution in [0.25, 0.3) is 0 Å². The van der Waals surface area contributed by atoms with Gasteiger partial charge in [-0.25, -0.2) is 4.98 Å². The van der Waals surface area contributed by atoms with Crippen molar-refractivity contribution in [3.8, 4) is 0 Å². The molecule has 0 radical (unpaired) electrons. The van der Waals surface area contributed by atoms with Crippen LogP contribution in [-0.2, 0) is 13.6 Å². The highest BCUT2D eigenvalue weighted by molar-refractivity contribution is 6.29. The zero-order valence-electron chi connectivity index (χ0n) is 13.5. The lowest BCUT2D eigenvalue weighted by Gasteiger charge is -2.36. The molecule has 2 aromatic rings. The number of nitrogens with zero attached hydrogens (tertiary/aromatic N) is 4. The number of aryl methyl sites for hydroxylation is 1. The number of rotatable bonds is 3. The quantitative estimate of drug-likeness (QED) is 0.869. The highest BCUT2D eigenvalue weighted by atomic mass is 35.5. The normalized spacial score (nSPS) is 16.3. The maximum absolute atomic E-state index is 6.06. The van der Waals surface area contributed by atoms with Crippen LogP contribution in [0.2, 0.25) is 5.15 Å². The SMILES string of the molecule is Cc1cccc(N2CCN(Cc3ncc(Cl)n3C)CC2)c1C. The van der Waals surface area contributed by atoms with Crippen LogP contribution in [0, 0.1) is 13.8 Å². The Labute approximate surface area is 137 Å². The smallest absolute Gasteiger partial charge is 0.128 e. The molecule has 22 heavy (non-hydrogen) atoms. The fourth-order valence-electron chi connectivity index (χ4n) is 3.00. The first-order chi connectivity index (χ1) is 10.6. The minimum atomic E-state index is 0.698. The van der Waals surface area contributed by atoms with E-state index in [-0.39, 0.29) is 0 Å². The van der Waals surface area contributed by atoms with E-state index in [1.54, 1.807) is 6.20 Å². The Balaban J connectivity index is 1.63. The Kier molecular flexibility index (Phi) is 4.41. The van der Waals surface area contributed by atoms with Crippen molar-refractivity contribution < 1.29 is 0 Å². The summed E-state index contributed by atoms with van der Waals surface area (Å²) in [5.41, 5.74) is 4.13. The number of anilines is 1. The monoisotopic (exact) mass is 318 g/mol. The minimum absolute atomic E-state index is 0.698. The molecule has 1 aliphatic rings. The summed E-state index contributed by atoms with van der Waals surface area (Å²) in [5, 5.41) is 0.698. The van der Waals surface area contributed by atoms with E-state index in [9.17, 15) is 0 Å². The topological polar surface area (TPSA) is 24.3 Å². The van der Waals surface area contributed by atoms with Crippen molar-refractivity contribution in [2.75, 3.05) is 31.1 Å². The molecule has 1 aliphatic heterocycles. The fraction of sp³-hybridized carbons (Fsp3) is 0.471. The minimum Gasteiger partial charge on any atom is -0.369 e. The second-order valence-corrected chi connectivity index (χ2v) is 6.43. The molecule has 1 aromatic carbocycles.